The first-order valence-corrected chi connectivity index (χ1v) is 6.03. The first-order chi connectivity index (χ1) is 9.08. The summed E-state index contributed by atoms with van der Waals surface area (Å²) in [5, 5.41) is 2.76. The molecule has 0 amide bonds. The summed E-state index contributed by atoms with van der Waals surface area (Å²) in [5.41, 5.74) is 6.70. The lowest BCUT2D eigenvalue weighted by Crippen LogP contribution is -2.40. The summed E-state index contributed by atoms with van der Waals surface area (Å²) < 4.78 is 9.68. The third kappa shape index (κ3) is 4.50. The van der Waals surface area contributed by atoms with E-state index in [-0.39, 0.29) is 13.2 Å². The third-order valence-corrected chi connectivity index (χ3v) is 2.24. The van der Waals surface area contributed by atoms with Gasteiger partial charge in [0.2, 0.25) is 6.04 Å². The molecule has 1 aromatic carbocycles. The van der Waals surface area contributed by atoms with Gasteiger partial charge < -0.3 is 20.5 Å². The van der Waals surface area contributed by atoms with Gasteiger partial charge in [-0.25, -0.2) is 9.59 Å². The predicted molar refractivity (Wildman–Crippen MR) is 71.5 cm³/mol. The molecule has 6 heteroatoms. The number of benzene rings is 1. The first kappa shape index (κ1) is 14.8. The van der Waals surface area contributed by atoms with Gasteiger partial charge in [-0.05, 0) is 32.0 Å². The molecule has 0 aliphatic carbocycles. The van der Waals surface area contributed by atoms with Crippen LogP contribution in [0.3, 0.4) is 0 Å². The average Bonchev–Trinajstić information content (AvgIpc) is 2.36. The van der Waals surface area contributed by atoms with Crippen LogP contribution in [0, 0.1) is 0 Å². The first-order valence-electron chi connectivity index (χ1n) is 6.03. The van der Waals surface area contributed by atoms with Gasteiger partial charge in [-0.3, -0.25) is 0 Å². The molecule has 0 saturated heterocycles. The molecule has 0 aromatic heterocycles. The summed E-state index contributed by atoms with van der Waals surface area (Å²) in [6, 6.07) is 5.54. The predicted octanol–water partition coefficient (Wildman–Crippen LogP) is 1.18. The summed E-state index contributed by atoms with van der Waals surface area (Å²) >= 11 is 0. The Balaban J connectivity index is 2.84. The second kappa shape index (κ2) is 7.25. The van der Waals surface area contributed by atoms with E-state index in [4.69, 9.17) is 15.2 Å². The van der Waals surface area contributed by atoms with Crippen molar-refractivity contribution in [3.05, 3.63) is 24.3 Å². The maximum Gasteiger partial charge on any atom is 0.340 e. The third-order valence-electron chi connectivity index (χ3n) is 2.24. The molecule has 0 aliphatic heterocycles. The molecule has 3 N–H and O–H groups in total. The molecule has 0 heterocycles. The molecule has 104 valence electrons. The van der Waals surface area contributed by atoms with Crippen molar-refractivity contribution in [3.8, 4) is 0 Å². The second-order valence-electron chi connectivity index (χ2n) is 3.71. The number of nitrogen functional groups attached to an aromatic ring is 1. The Bertz CT molecular complexity index is 430. The number of hydrogen-bond donors (Lipinski definition) is 2. The Hall–Kier alpha value is -2.24. The monoisotopic (exact) mass is 266 g/mol. The van der Waals surface area contributed by atoms with Crippen molar-refractivity contribution in [3.63, 3.8) is 0 Å². The van der Waals surface area contributed by atoms with Crippen LogP contribution in [0.1, 0.15) is 13.8 Å². The highest BCUT2D eigenvalue weighted by Gasteiger charge is 2.29. The zero-order valence-corrected chi connectivity index (χ0v) is 11.0. The zero-order chi connectivity index (χ0) is 14.3. The highest BCUT2D eigenvalue weighted by molar-refractivity contribution is 6.02. The summed E-state index contributed by atoms with van der Waals surface area (Å²) in [6.07, 6.45) is 0. The van der Waals surface area contributed by atoms with Crippen molar-refractivity contribution in [2.75, 3.05) is 24.3 Å². The number of rotatable bonds is 6. The van der Waals surface area contributed by atoms with Crippen LogP contribution < -0.4 is 11.1 Å². The van der Waals surface area contributed by atoms with E-state index in [0.29, 0.717) is 11.4 Å². The molecule has 0 saturated carbocycles. The van der Waals surface area contributed by atoms with Crippen molar-refractivity contribution in [1.29, 1.82) is 0 Å². The number of ether oxygens (including phenoxy) is 2. The van der Waals surface area contributed by atoms with Crippen molar-refractivity contribution in [2.45, 2.75) is 19.9 Å². The minimum absolute atomic E-state index is 0.188. The van der Waals surface area contributed by atoms with Gasteiger partial charge >= 0.3 is 11.9 Å². The van der Waals surface area contributed by atoms with E-state index in [1.54, 1.807) is 38.1 Å². The fourth-order valence-electron chi connectivity index (χ4n) is 1.46. The van der Waals surface area contributed by atoms with E-state index in [9.17, 15) is 9.59 Å². The van der Waals surface area contributed by atoms with E-state index in [1.165, 1.54) is 0 Å². The zero-order valence-electron chi connectivity index (χ0n) is 11.0. The van der Waals surface area contributed by atoms with E-state index < -0.39 is 18.0 Å². The van der Waals surface area contributed by atoms with Gasteiger partial charge in [-0.2, -0.15) is 0 Å². The number of hydrogen-bond acceptors (Lipinski definition) is 6. The fraction of sp³-hybridized carbons (Fsp3) is 0.385. The van der Waals surface area contributed by atoms with Gasteiger partial charge in [0.1, 0.15) is 0 Å². The SMILES string of the molecule is CCOC(=O)C(Nc1cccc(N)c1)C(=O)OCC. The minimum atomic E-state index is -1.19. The van der Waals surface area contributed by atoms with Crippen molar-refractivity contribution >= 4 is 23.3 Å². The van der Waals surface area contributed by atoms with Gasteiger partial charge in [0.15, 0.2) is 0 Å². The Morgan fingerprint density at radius 2 is 1.79 bits per heavy atom. The normalized spacial score (nSPS) is 10.1. The Kier molecular flexibility index (Phi) is 5.66. The standard InChI is InChI=1S/C13H18N2O4/c1-3-18-12(16)11(13(17)19-4-2)15-10-7-5-6-9(14)8-10/h5-8,11,15H,3-4,14H2,1-2H3. The summed E-state index contributed by atoms with van der Waals surface area (Å²) in [5.74, 6) is -1.35. The number of esters is 2. The number of nitrogens with one attached hydrogen (secondary N) is 1. The largest absolute Gasteiger partial charge is 0.464 e. The van der Waals surface area contributed by atoms with Gasteiger partial charge in [-0.15, -0.1) is 0 Å². The van der Waals surface area contributed by atoms with Crippen molar-refractivity contribution in [1.82, 2.24) is 0 Å². The maximum atomic E-state index is 11.7. The Morgan fingerprint density at radius 1 is 1.21 bits per heavy atom. The lowest BCUT2D eigenvalue weighted by molar-refractivity contribution is -0.155. The van der Waals surface area contributed by atoms with Crippen LogP contribution in [-0.2, 0) is 19.1 Å². The van der Waals surface area contributed by atoms with E-state index in [1.807, 2.05) is 0 Å². The molecule has 0 radical (unpaired) electrons. The van der Waals surface area contributed by atoms with Gasteiger partial charge in [0.05, 0.1) is 13.2 Å². The van der Waals surface area contributed by atoms with Crippen LogP contribution in [0.4, 0.5) is 11.4 Å². The second-order valence-corrected chi connectivity index (χ2v) is 3.71. The molecular weight excluding hydrogens is 248 g/mol. The minimum Gasteiger partial charge on any atom is -0.464 e. The summed E-state index contributed by atoms with van der Waals surface area (Å²) in [4.78, 5) is 23.5. The highest BCUT2D eigenvalue weighted by atomic mass is 16.6. The number of carbonyl (C=O) groups is 2. The van der Waals surface area contributed by atoms with E-state index in [0.717, 1.165) is 0 Å². The van der Waals surface area contributed by atoms with Gasteiger partial charge in [0, 0.05) is 11.4 Å². The molecule has 0 aliphatic rings. The molecule has 0 atom stereocenters. The van der Waals surface area contributed by atoms with Crippen molar-refractivity contribution < 1.29 is 19.1 Å². The lowest BCUT2D eigenvalue weighted by Gasteiger charge is -2.17. The van der Waals surface area contributed by atoms with Crippen LogP contribution in [-0.4, -0.2) is 31.2 Å². The molecule has 6 nitrogen and oxygen atoms in total. The van der Waals surface area contributed by atoms with E-state index in [2.05, 4.69) is 5.32 Å². The van der Waals surface area contributed by atoms with Crippen LogP contribution in [0.2, 0.25) is 0 Å². The van der Waals surface area contributed by atoms with Crippen molar-refractivity contribution in [2.24, 2.45) is 0 Å². The smallest absolute Gasteiger partial charge is 0.340 e. The van der Waals surface area contributed by atoms with Crippen LogP contribution in [0.15, 0.2) is 24.3 Å². The number of carbonyl (C=O) groups excluding carboxylic acids is 2. The molecule has 0 unspecified atom stereocenters. The number of anilines is 2. The quantitative estimate of drug-likeness (QED) is 0.456. The molecular formula is C13H18N2O4. The average molecular weight is 266 g/mol. The topological polar surface area (TPSA) is 90.6 Å². The summed E-state index contributed by atoms with van der Waals surface area (Å²) in [6.45, 7) is 3.71. The fourth-order valence-corrected chi connectivity index (χ4v) is 1.46. The Labute approximate surface area is 111 Å². The summed E-state index contributed by atoms with van der Waals surface area (Å²) in [7, 11) is 0. The van der Waals surface area contributed by atoms with Crippen LogP contribution in [0.5, 0.6) is 0 Å². The molecule has 19 heavy (non-hydrogen) atoms. The molecule has 0 spiro atoms. The lowest BCUT2D eigenvalue weighted by atomic mass is 10.2. The Morgan fingerprint density at radius 3 is 2.26 bits per heavy atom. The van der Waals surface area contributed by atoms with E-state index >= 15 is 0 Å². The van der Waals surface area contributed by atoms with Gasteiger partial charge in [0.25, 0.3) is 0 Å². The molecule has 1 aromatic rings. The molecule has 0 bridgehead atoms. The molecule has 0 fully saturated rings. The highest BCUT2D eigenvalue weighted by Crippen LogP contribution is 2.14. The maximum absolute atomic E-state index is 11.7. The van der Waals surface area contributed by atoms with Crippen LogP contribution in [0.25, 0.3) is 0 Å². The van der Waals surface area contributed by atoms with Crippen LogP contribution >= 0.6 is 0 Å². The number of nitrogens with two attached hydrogens (primary N) is 1. The molecule has 1 rings (SSSR count). The van der Waals surface area contributed by atoms with Gasteiger partial charge in [-0.1, -0.05) is 6.07 Å².